The van der Waals surface area contributed by atoms with E-state index in [0.717, 1.165) is 6.54 Å². The van der Waals surface area contributed by atoms with Crippen molar-refractivity contribution in [1.29, 1.82) is 0 Å². The Morgan fingerprint density at radius 1 is 1.29 bits per heavy atom. The molecule has 0 spiro atoms. The molecular formula is C16H21N3O4S. The molecule has 0 radical (unpaired) electrons. The summed E-state index contributed by atoms with van der Waals surface area (Å²) < 4.78 is 32.6. The molecule has 1 aromatic rings. The van der Waals surface area contributed by atoms with Gasteiger partial charge in [-0.15, -0.1) is 0 Å². The Bertz CT molecular complexity index is 781. The van der Waals surface area contributed by atoms with Crippen LogP contribution in [0.5, 0.6) is 5.75 Å². The fraction of sp³-hybridized carbons (Fsp3) is 0.562. The van der Waals surface area contributed by atoms with Crippen molar-refractivity contribution in [1.82, 2.24) is 9.21 Å². The molecule has 1 aliphatic carbocycles. The largest absolute Gasteiger partial charge is 0.482 e. The van der Waals surface area contributed by atoms with Gasteiger partial charge in [-0.25, -0.2) is 8.42 Å². The van der Waals surface area contributed by atoms with Gasteiger partial charge in [0, 0.05) is 19.6 Å². The summed E-state index contributed by atoms with van der Waals surface area (Å²) in [5.41, 5.74) is 0.419. The van der Waals surface area contributed by atoms with Crippen molar-refractivity contribution in [3.05, 3.63) is 18.2 Å². The first-order chi connectivity index (χ1) is 11.4. The zero-order valence-corrected chi connectivity index (χ0v) is 14.5. The molecular weight excluding hydrogens is 330 g/mol. The van der Waals surface area contributed by atoms with E-state index in [2.05, 4.69) is 10.2 Å². The molecule has 24 heavy (non-hydrogen) atoms. The predicted molar refractivity (Wildman–Crippen MR) is 88.3 cm³/mol. The van der Waals surface area contributed by atoms with E-state index in [4.69, 9.17) is 4.74 Å². The number of amides is 1. The summed E-state index contributed by atoms with van der Waals surface area (Å²) in [5.74, 6) is 1.79. The van der Waals surface area contributed by atoms with Crippen LogP contribution in [0.3, 0.4) is 0 Å². The van der Waals surface area contributed by atoms with Gasteiger partial charge in [-0.2, -0.15) is 4.31 Å². The van der Waals surface area contributed by atoms with Crippen LogP contribution >= 0.6 is 0 Å². The van der Waals surface area contributed by atoms with Gasteiger partial charge in [-0.1, -0.05) is 0 Å². The van der Waals surface area contributed by atoms with Gasteiger partial charge >= 0.3 is 0 Å². The number of rotatable bonds is 4. The first kappa shape index (κ1) is 15.9. The fourth-order valence-electron chi connectivity index (χ4n) is 3.87. The molecule has 0 bridgehead atoms. The number of carbonyl (C=O) groups is 1. The minimum Gasteiger partial charge on any atom is -0.482 e. The third kappa shape index (κ3) is 2.58. The normalized spacial score (nSPS) is 29.0. The maximum atomic E-state index is 12.9. The van der Waals surface area contributed by atoms with E-state index >= 15 is 0 Å². The summed E-state index contributed by atoms with van der Waals surface area (Å²) in [6.45, 7) is 2.16. The highest BCUT2D eigenvalue weighted by Gasteiger charge is 2.57. The third-order valence-corrected chi connectivity index (χ3v) is 6.96. The number of nitrogens with zero attached hydrogens (tertiary/aromatic N) is 2. The van der Waals surface area contributed by atoms with Gasteiger partial charge in [0.15, 0.2) is 6.61 Å². The van der Waals surface area contributed by atoms with Crippen LogP contribution in [0.2, 0.25) is 0 Å². The Kier molecular flexibility index (Phi) is 3.59. The van der Waals surface area contributed by atoms with E-state index in [1.54, 1.807) is 16.4 Å². The third-order valence-electron chi connectivity index (χ3n) is 5.14. The number of ether oxygens (including phenoxy) is 1. The standard InChI is InChI=1S/C16H21N3O4S/c1-18(2)6-11-12-7-19(8-13(11)12)24(21,22)10-3-4-15-14(5-10)17-16(20)9-23-15/h3-5,11-13H,6-9H2,1-2H3,(H,17,20)/t11?,12-,13+. The van der Waals surface area contributed by atoms with Crippen molar-refractivity contribution in [3.63, 3.8) is 0 Å². The summed E-state index contributed by atoms with van der Waals surface area (Å²) in [6, 6.07) is 4.64. The second-order valence-electron chi connectivity index (χ2n) is 7.07. The van der Waals surface area contributed by atoms with Crippen molar-refractivity contribution in [2.45, 2.75) is 4.90 Å². The molecule has 4 rings (SSSR count). The maximum Gasteiger partial charge on any atom is 0.262 e. The van der Waals surface area contributed by atoms with Crippen LogP contribution in [0.25, 0.3) is 0 Å². The minimum absolute atomic E-state index is 0.0398. The summed E-state index contributed by atoms with van der Waals surface area (Å²) >= 11 is 0. The first-order valence-corrected chi connectivity index (χ1v) is 9.52. The Labute approximate surface area is 141 Å². The highest BCUT2D eigenvalue weighted by Crippen LogP contribution is 2.53. The number of nitrogens with one attached hydrogen (secondary N) is 1. The Morgan fingerprint density at radius 3 is 2.67 bits per heavy atom. The Hall–Kier alpha value is -1.64. The lowest BCUT2D eigenvalue weighted by Crippen LogP contribution is -2.33. The molecule has 1 saturated carbocycles. The topological polar surface area (TPSA) is 79.0 Å². The van der Waals surface area contributed by atoms with E-state index in [1.165, 1.54) is 6.07 Å². The van der Waals surface area contributed by atoms with Crippen molar-refractivity contribution < 1.29 is 17.9 Å². The maximum absolute atomic E-state index is 12.9. The molecule has 1 saturated heterocycles. The van der Waals surface area contributed by atoms with E-state index < -0.39 is 10.0 Å². The van der Waals surface area contributed by atoms with Gasteiger partial charge in [-0.05, 0) is 50.0 Å². The average Bonchev–Trinajstić information content (AvgIpc) is 2.96. The monoisotopic (exact) mass is 351 g/mol. The van der Waals surface area contributed by atoms with Gasteiger partial charge in [0.1, 0.15) is 5.75 Å². The van der Waals surface area contributed by atoms with Gasteiger partial charge in [0.05, 0.1) is 10.6 Å². The van der Waals surface area contributed by atoms with E-state index in [-0.39, 0.29) is 17.4 Å². The van der Waals surface area contributed by atoms with Crippen molar-refractivity contribution in [2.75, 3.05) is 45.7 Å². The molecule has 2 heterocycles. The Morgan fingerprint density at radius 2 is 2.00 bits per heavy atom. The molecule has 2 fully saturated rings. The summed E-state index contributed by atoms with van der Waals surface area (Å²) in [5, 5.41) is 2.66. The van der Waals surface area contributed by atoms with Crippen LogP contribution < -0.4 is 10.1 Å². The van der Waals surface area contributed by atoms with E-state index in [0.29, 0.717) is 42.3 Å². The number of sulfonamides is 1. The summed E-state index contributed by atoms with van der Waals surface area (Å²) in [4.78, 5) is 13.8. The van der Waals surface area contributed by atoms with Crippen molar-refractivity contribution in [3.8, 4) is 5.75 Å². The van der Waals surface area contributed by atoms with Crippen LogP contribution in [0.1, 0.15) is 0 Å². The molecule has 2 aliphatic heterocycles. The number of carbonyl (C=O) groups excluding carboxylic acids is 1. The van der Waals surface area contributed by atoms with Crippen LogP contribution in [0.4, 0.5) is 5.69 Å². The lowest BCUT2D eigenvalue weighted by atomic mass is 10.2. The lowest BCUT2D eigenvalue weighted by Gasteiger charge is -2.22. The van der Waals surface area contributed by atoms with E-state index in [1.807, 2.05) is 14.1 Å². The van der Waals surface area contributed by atoms with E-state index in [9.17, 15) is 13.2 Å². The molecule has 130 valence electrons. The summed E-state index contributed by atoms with van der Waals surface area (Å²) in [7, 11) is 0.564. The highest BCUT2D eigenvalue weighted by molar-refractivity contribution is 7.89. The molecule has 0 aromatic heterocycles. The van der Waals surface area contributed by atoms with Crippen LogP contribution in [-0.4, -0.2) is 63.9 Å². The summed E-state index contributed by atoms with van der Waals surface area (Å²) in [6.07, 6.45) is 0. The number of fused-ring (bicyclic) bond motifs is 2. The SMILES string of the molecule is CN(C)CC1[C@H]2CN(S(=O)(=O)c3ccc4c(c3)NC(=O)CO4)C[C@@H]12. The Balaban J connectivity index is 1.51. The van der Waals surface area contributed by atoms with Crippen LogP contribution in [0.15, 0.2) is 23.1 Å². The quantitative estimate of drug-likeness (QED) is 0.852. The van der Waals surface area contributed by atoms with Gasteiger partial charge < -0.3 is 15.0 Å². The average molecular weight is 351 g/mol. The van der Waals surface area contributed by atoms with Gasteiger partial charge in [-0.3, -0.25) is 4.79 Å². The second kappa shape index (κ2) is 5.44. The minimum atomic E-state index is -3.53. The predicted octanol–water partition coefficient (Wildman–Crippen LogP) is 0.446. The molecule has 3 aliphatic rings. The smallest absolute Gasteiger partial charge is 0.262 e. The first-order valence-electron chi connectivity index (χ1n) is 8.08. The van der Waals surface area contributed by atoms with Gasteiger partial charge in [0.2, 0.25) is 10.0 Å². The highest BCUT2D eigenvalue weighted by atomic mass is 32.2. The molecule has 3 atom stereocenters. The molecule has 7 nitrogen and oxygen atoms in total. The zero-order chi connectivity index (χ0) is 17.1. The number of piperidine rings is 1. The molecule has 8 heteroatoms. The van der Waals surface area contributed by atoms with Crippen molar-refractivity contribution in [2.24, 2.45) is 17.8 Å². The fourth-order valence-corrected chi connectivity index (χ4v) is 5.41. The number of anilines is 1. The molecule has 1 N–H and O–H groups in total. The van der Waals surface area contributed by atoms with Crippen LogP contribution in [0, 0.1) is 17.8 Å². The number of hydrogen-bond donors (Lipinski definition) is 1. The van der Waals surface area contributed by atoms with Crippen LogP contribution in [-0.2, 0) is 14.8 Å². The second-order valence-corrected chi connectivity index (χ2v) is 9.01. The zero-order valence-electron chi connectivity index (χ0n) is 13.7. The molecule has 1 aromatic carbocycles. The van der Waals surface area contributed by atoms with Gasteiger partial charge in [0.25, 0.3) is 5.91 Å². The lowest BCUT2D eigenvalue weighted by molar-refractivity contribution is -0.118. The molecule has 1 amide bonds. The number of benzene rings is 1. The number of hydrogen-bond acceptors (Lipinski definition) is 5. The van der Waals surface area contributed by atoms with Crippen molar-refractivity contribution >= 4 is 21.6 Å². The molecule has 1 unspecified atom stereocenters.